The van der Waals surface area contributed by atoms with E-state index in [2.05, 4.69) is 10.3 Å². The fraction of sp³-hybridized carbons (Fsp3) is 0.0952. The molecule has 3 aromatic rings. The van der Waals surface area contributed by atoms with E-state index in [0.29, 0.717) is 27.9 Å². The van der Waals surface area contributed by atoms with Crippen LogP contribution in [0.4, 0.5) is 5.69 Å². The Hall–Kier alpha value is -3.34. The molecule has 0 saturated heterocycles. The average molecular weight is 426 g/mol. The molecule has 0 aliphatic heterocycles. The summed E-state index contributed by atoms with van der Waals surface area (Å²) in [5.41, 5.74) is 1.85. The molecule has 29 heavy (non-hydrogen) atoms. The number of nitriles is 1. The molecule has 3 rings (SSSR count). The van der Waals surface area contributed by atoms with Gasteiger partial charge in [-0.25, -0.2) is 4.98 Å². The van der Waals surface area contributed by atoms with Crippen molar-refractivity contribution >= 4 is 40.6 Å². The Morgan fingerprint density at radius 1 is 1.17 bits per heavy atom. The Morgan fingerprint density at radius 3 is 2.55 bits per heavy atom. The minimum Gasteiger partial charge on any atom is -0.493 e. The van der Waals surface area contributed by atoms with Crippen molar-refractivity contribution in [2.24, 2.45) is 0 Å². The number of amides is 1. The molecule has 0 aliphatic carbocycles. The van der Waals surface area contributed by atoms with Crippen molar-refractivity contribution in [3.8, 4) is 28.1 Å². The van der Waals surface area contributed by atoms with Gasteiger partial charge in [0.2, 0.25) is 0 Å². The molecule has 1 heterocycles. The molecule has 0 bridgehead atoms. The summed E-state index contributed by atoms with van der Waals surface area (Å²) in [6.07, 6.45) is 1.45. The zero-order chi connectivity index (χ0) is 20.8. The minimum absolute atomic E-state index is 0.0623. The summed E-state index contributed by atoms with van der Waals surface area (Å²) in [5, 5.41) is 15.3. The predicted octanol–water partition coefficient (Wildman–Crippen LogP) is 5.03. The van der Waals surface area contributed by atoms with E-state index >= 15 is 0 Å². The second kappa shape index (κ2) is 9.24. The Balaban J connectivity index is 1.79. The highest BCUT2D eigenvalue weighted by Gasteiger charge is 2.13. The molecule has 0 atom stereocenters. The van der Waals surface area contributed by atoms with Gasteiger partial charge in [0.05, 0.1) is 19.9 Å². The van der Waals surface area contributed by atoms with E-state index in [9.17, 15) is 10.1 Å². The number of rotatable bonds is 6. The molecular formula is C21H16ClN3O3S. The van der Waals surface area contributed by atoms with Crippen LogP contribution in [0, 0.1) is 11.3 Å². The maximum Gasteiger partial charge on any atom is 0.266 e. The van der Waals surface area contributed by atoms with Gasteiger partial charge in [-0.05, 0) is 30.3 Å². The summed E-state index contributed by atoms with van der Waals surface area (Å²) in [7, 11) is 3.03. The third kappa shape index (κ3) is 4.93. The number of nitrogens with one attached hydrogen (secondary N) is 1. The van der Waals surface area contributed by atoms with Crippen LogP contribution in [-0.2, 0) is 4.79 Å². The highest BCUT2D eigenvalue weighted by atomic mass is 35.5. The van der Waals surface area contributed by atoms with E-state index in [-0.39, 0.29) is 5.57 Å². The molecule has 0 saturated carbocycles. The van der Waals surface area contributed by atoms with Crippen molar-refractivity contribution in [1.29, 1.82) is 5.26 Å². The van der Waals surface area contributed by atoms with Crippen LogP contribution in [0.5, 0.6) is 11.5 Å². The first-order chi connectivity index (χ1) is 14.0. The SMILES string of the molecule is COc1ccc(NC(=O)/C(C#N)=C/c2csc(-c3ccc(Cl)cc3)n2)cc1OC. The van der Waals surface area contributed by atoms with Crippen molar-refractivity contribution in [3.05, 3.63) is 64.1 Å². The molecule has 0 radical (unpaired) electrons. The van der Waals surface area contributed by atoms with Gasteiger partial charge in [-0.3, -0.25) is 4.79 Å². The Kier molecular flexibility index (Phi) is 6.50. The molecule has 1 aromatic heterocycles. The Bertz CT molecular complexity index is 1100. The highest BCUT2D eigenvalue weighted by Crippen LogP contribution is 2.30. The van der Waals surface area contributed by atoms with Crippen LogP contribution in [-0.4, -0.2) is 25.1 Å². The minimum atomic E-state index is -0.541. The topological polar surface area (TPSA) is 84.2 Å². The third-order valence-electron chi connectivity index (χ3n) is 3.91. The molecule has 2 aromatic carbocycles. The number of nitrogens with zero attached hydrogens (tertiary/aromatic N) is 2. The highest BCUT2D eigenvalue weighted by molar-refractivity contribution is 7.13. The van der Waals surface area contributed by atoms with Crippen molar-refractivity contribution in [2.45, 2.75) is 0 Å². The Morgan fingerprint density at radius 2 is 1.90 bits per heavy atom. The van der Waals surface area contributed by atoms with Crippen LogP contribution < -0.4 is 14.8 Å². The summed E-state index contributed by atoms with van der Waals surface area (Å²) < 4.78 is 10.4. The first-order valence-electron chi connectivity index (χ1n) is 8.40. The van der Waals surface area contributed by atoms with E-state index in [1.54, 1.807) is 35.7 Å². The van der Waals surface area contributed by atoms with Gasteiger partial charge in [0.1, 0.15) is 16.6 Å². The van der Waals surface area contributed by atoms with Crippen LogP contribution in [0.25, 0.3) is 16.6 Å². The van der Waals surface area contributed by atoms with Gasteiger partial charge in [0, 0.05) is 27.7 Å². The average Bonchev–Trinajstić information content (AvgIpc) is 3.21. The van der Waals surface area contributed by atoms with E-state index < -0.39 is 5.91 Å². The lowest BCUT2D eigenvalue weighted by molar-refractivity contribution is -0.112. The fourth-order valence-corrected chi connectivity index (χ4v) is 3.40. The van der Waals surface area contributed by atoms with Crippen molar-refractivity contribution in [3.63, 3.8) is 0 Å². The molecular weight excluding hydrogens is 410 g/mol. The Labute approximate surface area is 177 Å². The van der Waals surface area contributed by atoms with Crippen LogP contribution >= 0.6 is 22.9 Å². The predicted molar refractivity (Wildman–Crippen MR) is 114 cm³/mol. The molecule has 1 N–H and O–H groups in total. The van der Waals surface area contributed by atoms with Crippen LogP contribution in [0.15, 0.2) is 53.4 Å². The van der Waals surface area contributed by atoms with Gasteiger partial charge in [-0.15, -0.1) is 11.3 Å². The lowest BCUT2D eigenvalue weighted by Crippen LogP contribution is -2.13. The molecule has 1 amide bonds. The van der Waals surface area contributed by atoms with Crippen LogP contribution in [0.1, 0.15) is 5.69 Å². The van der Waals surface area contributed by atoms with Crippen LogP contribution in [0.2, 0.25) is 5.02 Å². The molecule has 146 valence electrons. The lowest BCUT2D eigenvalue weighted by Gasteiger charge is -2.10. The maximum absolute atomic E-state index is 12.5. The number of anilines is 1. The zero-order valence-electron chi connectivity index (χ0n) is 15.6. The third-order valence-corrected chi connectivity index (χ3v) is 5.07. The van der Waals surface area contributed by atoms with Crippen molar-refractivity contribution in [1.82, 2.24) is 4.98 Å². The molecule has 8 heteroatoms. The van der Waals surface area contributed by atoms with Gasteiger partial charge in [-0.1, -0.05) is 23.7 Å². The molecule has 0 spiro atoms. The number of halogens is 1. The number of benzene rings is 2. The first-order valence-corrected chi connectivity index (χ1v) is 9.66. The van der Waals surface area contributed by atoms with E-state index in [4.69, 9.17) is 21.1 Å². The standard InChI is InChI=1S/C21H16ClN3O3S/c1-27-18-8-7-16(10-19(18)28-2)24-20(26)14(11-23)9-17-12-29-21(25-17)13-3-5-15(22)6-4-13/h3-10,12H,1-2H3,(H,24,26)/b14-9+. The quantitative estimate of drug-likeness (QED) is 0.442. The number of thiazole rings is 1. The second-order valence-corrected chi connectivity index (χ2v) is 7.07. The molecule has 0 unspecified atom stereocenters. The lowest BCUT2D eigenvalue weighted by atomic mass is 10.2. The number of ether oxygens (including phenoxy) is 2. The number of carbonyl (C=O) groups excluding carboxylic acids is 1. The van der Waals surface area contributed by atoms with Gasteiger partial charge in [0.25, 0.3) is 5.91 Å². The van der Waals surface area contributed by atoms with Crippen molar-refractivity contribution < 1.29 is 14.3 Å². The van der Waals surface area contributed by atoms with E-state index in [1.165, 1.54) is 31.6 Å². The fourth-order valence-electron chi connectivity index (χ4n) is 2.49. The van der Waals surface area contributed by atoms with Crippen LogP contribution in [0.3, 0.4) is 0 Å². The van der Waals surface area contributed by atoms with Gasteiger partial charge >= 0.3 is 0 Å². The second-order valence-electron chi connectivity index (χ2n) is 5.78. The summed E-state index contributed by atoms with van der Waals surface area (Å²) in [5.74, 6) is 0.472. The van der Waals surface area contributed by atoms with Gasteiger partial charge in [-0.2, -0.15) is 5.26 Å². The first kappa shape index (κ1) is 20.4. The molecule has 6 nitrogen and oxygen atoms in total. The zero-order valence-corrected chi connectivity index (χ0v) is 17.2. The summed E-state index contributed by atoms with van der Waals surface area (Å²) in [6.45, 7) is 0. The summed E-state index contributed by atoms with van der Waals surface area (Å²) in [6, 6.07) is 14.2. The molecule has 0 aliphatic rings. The molecule has 0 fully saturated rings. The van der Waals surface area contributed by atoms with E-state index in [1.807, 2.05) is 18.2 Å². The largest absolute Gasteiger partial charge is 0.493 e. The van der Waals surface area contributed by atoms with Crippen molar-refractivity contribution in [2.75, 3.05) is 19.5 Å². The van der Waals surface area contributed by atoms with Gasteiger partial charge < -0.3 is 14.8 Å². The smallest absolute Gasteiger partial charge is 0.266 e. The number of methoxy groups -OCH3 is 2. The summed E-state index contributed by atoms with van der Waals surface area (Å²) in [4.78, 5) is 17.0. The number of aromatic nitrogens is 1. The maximum atomic E-state index is 12.5. The number of hydrogen-bond acceptors (Lipinski definition) is 6. The summed E-state index contributed by atoms with van der Waals surface area (Å²) >= 11 is 7.32. The number of hydrogen-bond donors (Lipinski definition) is 1. The monoisotopic (exact) mass is 425 g/mol. The number of carbonyl (C=O) groups is 1. The van der Waals surface area contributed by atoms with E-state index in [0.717, 1.165) is 10.6 Å². The van der Waals surface area contributed by atoms with Gasteiger partial charge in [0.15, 0.2) is 11.5 Å². The normalized spacial score (nSPS) is 10.9.